The van der Waals surface area contributed by atoms with Crippen molar-refractivity contribution >= 4 is 28.9 Å². The summed E-state index contributed by atoms with van der Waals surface area (Å²) in [5.41, 5.74) is 4.77. The monoisotopic (exact) mass is 457 g/mol. The van der Waals surface area contributed by atoms with Gasteiger partial charge in [0.2, 0.25) is 11.9 Å². The zero-order chi connectivity index (χ0) is 23.3. The number of carbonyl (C=O) groups is 1. The van der Waals surface area contributed by atoms with Crippen LogP contribution < -0.4 is 20.9 Å². The number of hydrogen-bond acceptors (Lipinski definition) is 7. The van der Waals surface area contributed by atoms with Crippen molar-refractivity contribution in [2.24, 2.45) is 0 Å². The Bertz CT molecular complexity index is 1100. The van der Waals surface area contributed by atoms with E-state index in [1.807, 2.05) is 30.3 Å². The molecule has 8 nitrogen and oxygen atoms in total. The molecule has 2 saturated heterocycles. The zero-order valence-electron chi connectivity index (χ0n) is 19.5. The highest BCUT2D eigenvalue weighted by Gasteiger charge is 2.21. The summed E-state index contributed by atoms with van der Waals surface area (Å²) < 4.78 is 0. The Labute approximate surface area is 200 Å². The SMILES string of the molecule is CN1CCN(c2ccc(Nc3nccc(-c4ccc(NC(=O)[C@@H]5CCCN5)cc4)n3)cc2)CC1. The van der Waals surface area contributed by atoms with Crippen LogP contribution in [0, 0.1) is 0 Å². The van der Waals surface area contributed by atoms with Gasteiger partial charge < -0.3 is 25.8 Å². The van der Waals surface area contributed by atoms with Gasteiger partial charge in [0.1, 0.15) is 0 Å². The van der Waals surface area contributed by atoms with Gasteiger partial charge in [-0.2, -0.15) is 0 Å². The van der Waals surface area contributed by atoms with Gasteiger partial charge in [-0.25, -0.2) is 9.97 Å². The summed E-state index contributed by atoms with van der Waals surface area (Å²) in [6.07, 6.45) is 3.69. The maximum Gasteiger partial charge on any atom is 0.241 e. The van der Waals surface area contributed by atoms with E-state index in [2.05, 4.69) is 67.0 Å². The van der Waals surface area contributed by atoms with Crippen molar-refractivity contribution in [3.8, 4) is 11.3 Å². The van der Waals surface area contributed by atoms with Crippen molar-refractivity contribution in [1.29, 1.82) is 0 Å². The van der Waals surface area contributed by atoms with E-state index >= 15 is 0 Å². The van der Waals surface area contributed by atoms with Crippen LogP contribution in [0.1, 0.15) is 12.8 Å². The van der Waals surface area contributed by atoms with Gasteiger partial charge in [0, 0.05) is 55.0 Å². The molecule has 176 valence electrons. The fourth-order valence-corrected chi connectivity index (χ4v) is 4.39. The number of rotatable bonds is 6. The van der Waals surface area contributed by atoms with Crippen LogP contribution in [0.5, 0.6) is 0 Å². The van der Waals surface area contributed by atoms with E-state index in [1.54, 1.807) is 6.20 Å². The van der Waals surface area contributed by atoms with E-state index < -0.39 is 0 Å². The van der Waals surface area contributed by atoms with Crippen molar-refractivity contribution in [3.63, 3.8) is 0 Å². The van der Waals surface area contributed by atoms with Crippen LogP contribution in [-0.4, -0.2) is 66.6 Å². The van der Waals surface area contributed by atoms with Crippen LogP contribution in [0.15, 0.2) is 60.8 Å². The summed E-state index contributed by atoms with van der Waals surface area (Å²) in [5, 5.41) is 9.51. The molecular weight excluding hydrogens is 426 g/mol. The van der Waals surface area contributed by atoms with Crippen molar-refractivity contribution in [1.82, 2.24) is 20.2 Å². The first kappa shape index (κ1) is 22.3. The molecule has 0 saturated carbocycles. The van der Waals surface area contributed by atoms with Gasteiger partial charge in [0.05, 0.1) is 11.7 Å². The average Bonchev–Trinajstić information content (AvgIpc) is 3.41. The third-order valence-corrected chi connectivity index (χ3v) is 6.47. The number of carbonyl (C=O) groups excluding carboxylic acids is 1. The molecule has 1 atom stereocenters. The first-order chi connectivity index (χ1) is 16.6. The van der Waals surface area contributed by atoms with Crippen LogP contribution in [0.2, 0.25) is 0 Å². The van der Waals surface area contributed by atoms with Crippen LogP contribution in [0.3, 0.4) is 0 Å². The maximum absolute atomic E-state index is 12.3. The molecule has 2 aliphatic rings. The highest BCUT2D eigenvalue weighted by atomic mass is 16.2. The molecule has 0 spiro atoms. The predicted molar refractivity (Wildman–Crippen MR) is 137 cm³/mol. The Kier molecular flexibility index (Phi) is 6.69. The highest BCUT2D eigenvalue weighted by molar-refractivity contribution is 5.95. The third-order valence-electron chi connectivity index (χ3n) is 6.47. The topological polar surface area (TPSA) is 85.4 Å². The molecule has 0 bridgehead atoms. The fraction of sp³-hybridized carbons (Fsp3) is 0.346. The van der Waals surface area contributed by atoms with Crippen LogP contribution in [-0.2, 0) is 4.79 Å². The van der Waals surface area contributed by atoms with Crippen molar-refractivity contribution in [3.05, 3.63) is 60.8 Å². The lowest BCUT2D eigenvalue weighted by Gasteiger charge is -2.34. The van der Waals surface area contributed by atoms with E-state index in [0.29, 0.717) is 5.95 Å². The lowest BCUT2D eigenvalue weighted by atomic mass is 10.1. The average molecular weight is 458 g/mol. The lowest BCUT2D eigenvalue weighted by molar-refractivity contribution is -0.117. The molecule has 0 radical (unpaired) electrons. The summed E-state index contributed by atoms with van der Waals surface area (Å²) in [6, 6.07) is 18.0. The standard InChI is InChI=1S/C26H31N7O/c1-32-15-17-33(18-16-32)22-10-8-21(9-11-22)30-26-28-14-12-23(31-26)19-4-6-20(7-5-19)29-25(34)24-3-2-13-27-24/h4-12,14,24,27H,2-3,13,15-18H2,1H3,(H,29,34)(H,28,30,31)/t24-/m0/s1. The van der Waals surface area contributed by atoms with Gasteiger partial charge in [0.25, 0.3) is 0 Å². The van der Waals surface area contributed by atoms with Gasteiger partial charge in [-0.15, -0.1) is 0 Å². The number of likely N-dealkylation sites (N-methyl/N-ethyl adjacent to an activating group) is 1. The summed E-state index contributed by atoms with van der Waals surface area (Å²) in [7, 11) is 2.17. The van der Waals surface area contributed by atoms with Gasteiger partial charge in [-0.3, -0.25) is 4.79 Å². The molecule has 0 unspecified atom stereocenters. The van der Waals surface area contributed by atoms with E-state index in [1.165, 1.54) is 5.69 Å². The van der Waals surface area contributed by atoms with E-state index in [0.717, 1.165) is 68.2 Å². The number of benzene rings is 2. The van der Waals surface area contributed by atoms with Crippen molar-refractivity contribution < 1.29 is 4.79 Å². The molecule has 2 fully saturated rings. The zero-order valence-corrected chi connectivity index (χ0v) is 19.5. The minimum Gasteiger partial charge on any atom is -0.369 e. The minimum atomic E-state index is -0.0919. The van der Waals surface area contributed by atoms with Crippen LogP contribution >= 0.6 is 0 Å². The highest BCUT2D eigenvalue weighted by Crippen LogP contribution is 2.24. The Morgan fingerprint density at radius 1 is 0.971 bits per heavy atom. The number of aromatic nitrogens is 2. The Morgan fingerprint density at radius 2 is 1.71 bits per heavy atom. The van der Waals surface area contributed by atoms with E-state index in [9.17, 15) is 4.79 Å². The molecule has 2 aliphatic heterocycles. The second kappa shape index (κ2) is 10.2. The fourth-order valence-electron chi connectivity index (χ4n) is 4.39. The molecule has 5 rings (SSSR count). The Hall–Kier alpha value is -3.49. The molecule has 3 heterocycles. The molecule has 1 amide bonds. The predicted octanol–water partition coefficient (Wildman–Crippen LogP) is 3.33. The van der Waals surface area contributed by atoms with Crippen molar-refractivity contribution in [2.75, 3.05) is 55.3 Å². The Morgan fingerprint density at radius 3 is 2.41 bits per heavy atom. The van der Waals surface area contributed by atoms with E-state index in [4.69, 9.17) is 0 Å². The second-order valence-corrected chi connectivity index (χ2v) is 8.94. The summed E-state index contributed by atoms with van der Waals surface area (Å²) in [5.74, 6) is 0.576. The molecule has 8 heteroatoms. The maximum atomic E-state index is 12.3. The number of piperazine rings is 1. The smallest absolute Gasteiger partial charge is 0.241 e. The number of anilines is 4. The minimum absolute atomic E-state index is 0.0254. The molecule has 2 aromatic carbocycles. The molecule has 3 N–H and O–H groups in total. The van der Waals surface area contributed by atoms with Gasteiger partial charge in [0.15, 0.2) is 0 Å². The largest absolute Gasteiger partial charge is 0.369 e. The molecule has 3 aromatic rings. The quantitative estimate of drug-likeness (QED) is 0.524. The molecule has 34 heavy (non-hydrogen) atoms. The lowest BCUT2D eigenvalue weighted by Crippen LogP contribution is -2.44. The van der Waals surface area contributed by atoms with Gasteiger partial charge >= 0.3 is 0 Å². The molecular formula is C26H31N7O. The second-order valence-electron chi connectivity index (χ2n) is 8.94. The van der Waals surface area contributed by atoms with Gasteiger partial charge in [-0.1, -0.05) is 12.1 Å². The first-order valence-corrected chi connectivity index (χ1v) is 11.9. The number of nitrogens with zero attached hydrogens (tertiary/aromatic N) is 4. The summed E-state index contributed by atoms with van der Waals surface area (Å²) in [4.78, 5) is 26.1. The number of hydrogen-bond donors (Lipinski definition) is 3. The molecule has 1 aromatic heterocycles. The number of amides is 1. The number of nitrogens with one attached hydrogen (secondary N) is 3. The van der Waals surface area contributed by atoms with Crippen LogP contribution in [0.4, 0.5) is 23.0 Å². The summed E-state index contributed by atoms with van der Waals surface area (Å²) in [6.45, 7) is 5.18. The first-order valence-electron chi connectivity index (χ1n) is 11.9. The summed E-state index contributed by atoms with van der Waals surface area (Å²) >= 11 is 0. The molecule has 0 aliphatic carbocycles. The van der Waals surface area contributed by atoms with Crippen molar-refractivity contribution in [2.45, 2.75) is 18.9 Å². The van der Waals surface area contributed by atoms with E-state index in [-0.39, 0.29) is 11.9 Å². The third kappa shape index (κ3) is 5.35. The normalized spacial score (nSPS) is 18.6. The van der Waals surface area contributed by atoms with Crippen LogP contribution in [0.25, 0.3) is 11.3 Å². The Balaban J connectivity index is 1.21. The van der Waals surface area contributed by atoms with Gasteiger partial charge in [-0.05, 0) is 68.9 Å².